The average Bonchev–Trinajstić information content (AvgIpc) is 2.66. The van der Waals surface area contributed by atoms with Crippen molar-refractivity contribution in [1.29, 1.82) is 0 Å². The molecule has 0 aromatic heterocycles. The predicted octanol–water partition coefficient (Wildman–Crippen LogP) is 3.20. The molecule has 2 bridgehead atoms. The molecule has 0 aromatic carbocycles. The molecule has 3 aliphatic rings. The normalized spacial score (nSPS) is 53.2. The van der Waals surface area contributed by atoms with E-state index in [0.29, 0.717) is 23.5 Å². The Morgan fingerprint density at radius 2 is 2.06 bits per heavy atom. The number of carbonyl (C=O) groups excluding carboxylic acids is 1. The van der Waals surface area contributed by atoms with Crippen molar-refractivity contribution < 1.29 is 9.53 Å². The maximum Gasteiger partial charge on any atom is 0.139 e. The lowest BCUT2D eigenvalue weighted by molar-refractivity contribution is -0.195. The van der Waals surface area contributed by atoms with Gasteiger partial charge in [0.05, 0.1) is 11.2 Å². The first-order valence-electron chi connectivity index (χ1n) is 7.11. The molecule has 2 saturated heterocycles. The van der Waals surface area contributed by atoms with Gasteiger partial charge < -0.3 is 4.74 Å². The molecule has 0 spiro atoms. The number of rotatable bonds is 1. The summed E-state index contributed by atoms with van der Waals surface area (Å²) in [5.41, 5.74) is -0.0934. The van der Waals surface area contributed by atoms with Crippen molar-refractivity contribution in [1.82, 2.24) is 0 Å². The molecule has 17 heavy (non-hydrogen) atoms. The van der Waals surface area contributed by atoms with E-state index >= 15 is 0 Å². The van der Waals surface area contributed by atoms with Crippen LogP contribution in [-0.4, -0.2) is 17.0 Å². The van der Waals surface area contributed by atoms with Crippen molar-refractivity contribution in [2.75, 3.05) is 0 Å². The van der Waals surface area contributed by atoms with Crippen LogP contribution in [0.5, 0.6) is 0 Å². The summed E-state index contributed by atoms with van der Waals surface area (Å²) in [6.07, 6.45) is 4.11. The Morgan fingerprint density at radius 3 is 2.71 bits per heavy atom. The number of ether oxygens (including phenoxy) is 1. The highest BCUT2D eigenvalue weighted by molar-refractivity contribution is 5.85. The van der Waals surface area contributed by atoms with Gasteiger partial charge in [-0.3, -0.25) is 4.79 Å². The highest BCUT2D eigenvalue weighted by Gasteiger charge is 2.63. The van der Waals surface area contributed by atoms with E-state index in [1.54, 1.807) is 0 Å². The predicted molar refractivity (Wildman–Crippen MR) is 66.7 cm³/mol. The Labute approximate surface area is 104 Å². The van der Waals surface area contributed by atoms with Crippen molar-refractivity contribution in [2.24, 2.45) is 23.7 Å². The van der Waals surface area contributed by atoms with Gasteiger partial charge in [-0.25, -0.2) is 0 Å². The molecule has 96 valence electrons. The molecule has 2 heteroatoms. The zero-order valence-corrected chi connectivity index (χ0v) is 11.5. The Morgan fingerprint density at radius 1 is 1.35 bits per heavy atom. The van der Waals surface area contributed by atoms with Gasteiger partial charge in [-0.2, -0.15) is 0 Å². The van der Waals surface area contributed by atoms with Crippen molar-refractivity contribution >= 4 is 5.78 Å². The van der Waals surface area contributed by atoms with Gasteiger partial charge in [0.2, 0.25) is 0 Å². The quantitative estimate of drug-likeness (QED) is 0.699. The number of ketones is 1. The van der Waals surface area contributed by atoms with E-state index < -0.39 is 0 Å². The van der Waals surface area contributed by atoms with Crippen LogP contribution in [0.15, 0.2) is 0 Å². The number of carbonyl (C=O) groups is 1. The molecule has 3 fully saturated rings. The summed E-state index contributed by atoms with van der Waals surface area (Å²) in [5, 5.41) is 0. The molecule has 2 aliphatic heterocycles. The molecule has 0 radical (unpaired) electrons. The van der Waals surface area contributed by atoms with Crippen LogP contribution in [0.4, 0.5) is 0 Å². The standard InChI is InChI=1S/C15H24O2/c1-9(2)15-6-5-14(4,17-15)13-11(8-15)10(3)7-12(13)16/h9-11,13H,5-8H2,1-4H3/t10-,11-,13-,14-,15+/m1/s1. The highest BCUT2D eigenvalue weighted by atomic mass is 16.5. The summed E-state index contributed by atoms with van der Waals surface area (Å²) >= 11 is 0. The van der Waals surface area contributed by atoms with E-state index in [4.69, 9.17) is 4.74 Å². The second-order valence-electron chi connectivity index (χ2n) is 7.13. The van der Waals surface area contributed by atoms with Crippen LogP contribution in [0, 0.1) is 23.7 Å². The monoisotopic (exact) mass is 236 g/mol. The summed E-state index contributed by atoms with van der Waals surface area (Å²) in [4.78, 5) is 12.2. The Bertz CT molecular complexity index is 362. The van der Waals surface area contributed by atoms with Gasteiger partial charge >= 0.3 is 0 Å². The molecule has 1 aliphatic carbocycles. The summed E-state index contributed by atoms with van der Waals surface area (Å²) in [7, 11) is 0. The zero-order chi connectivity index (χ0) is 12.4. The molecule has 5 atom stereocenters. The van der Waals surface area contributed by atoms with Gasteiger partial charge in [0.25, 0.3) is 0 Å². The summed E-state index contributed by atoms with van der Waals surface area (Å²) in [6, 6.07) is 0. The Balaban J connectivity index is 2.00. The lowest BCUT2D eigenvalue weighted by atomic mass is 9.72. The Hall–Kier alpha value is -0.370. The lowest BCUT2D eigenvalue weighted by Crippen LogP contribution is -2.52. The van der Waals surface area contributed by atoms with Gasteiger partial charge in [0.15, 0.2) is 0 Å². The molecule has 3 rings (SSSR count). The maximum atomic E-state index is 12.2. The van der Waals surface area contributed by atoms with Crippen LogP contribution in [0.1, 0.15) is 53.4 Å². The van der Waals surface area contributed by atoms with E-state index in [-0.39, 0.29) is 17.1 Å². The van der Waals surface area contributed by atoms with E-state index in [1.165, 1.54) is 0 Å². The third-order valence-corrected chi connectivity index (χ3v) is 5.80. The van der Waals surface area contributed by atoms with Crippen molar-refractivity contribution in [2.45, 2.75) is 64.6 Å². The summed E-state index contributed by atoms with van der Waals surface area (Å²) in [6.45, 7) is 8.98. The second kappa shape index (κ2) is 3.34. The first kappa shape index (κ1) is 11.7. The van der Waals surface area contributed by atoms with E-state index in [1.807, 2.05) is 0 Å². The second-order valence-corrected chi connectivity index (χ2v) is 7.13. The number of fused-ring (bicyclic) bond motifs is 4. The van der Waals surface area contributed by atoms with Crippen LogP contribution in [0.25, 0.3) is 0 Å². The first-order chi connectivity index (χ1) is 7.88. The minimum Gasteiger partial charge on any atom is -0.368 e. The average molecular weight is 236 g/mol. The van der Waals surface area contributed by atoms with Crippen molar-refractivity contribution in [3.05, 3.63) is 0 Å². The van der Waals surface area contributed by atoms with Gasteiger partial charge in [0, 0.05) is 12.3 Å². The van der Waals surface area contributed by atoms with Gasteiger partial charge in [-0.05, 0) is 43.9 Å². The summed E-state index contributed by atoms with van der Waals surface area (Å²) in [5.74, 6) is 2.35. The number of hydrogen-bond donors (Lipinski definition) is 0. The molecule has 2 heterocycles. The SMILES string of the molecule is CC(C)[C@@]12CC[C@@](C)(O1)[C@H]1C(=O)C[C@@H](C)[C@H]1C2. The zero-order valence-electron chi connectivity index (χ0n) is 11.5. The maximum absolute atomic E-state index is 12.2. The Kier molecular flexibility index (Phi) is 2.30. The third-order valence-electron chi connectivity index (χ3n) is 5.80. The molecule has 0 N–H and O–H groups in total. The van der Waals surface area contributed by atoms with Gasteiger partial charge in [-0.15, -0.1) is 0 Å². The summed E-state index contributed by atoms with van der Waals surface area (Å²) < 4.78 is 6.45. The fraction of sp³-hybridized carbons (Fsp3) is 0.933. The van der Waals surface area contributed by atoms with Crippen molar-refractivity contribution in [3.8, 4) is 0 Å². The van der Waals surface area contributed by atoms with Crippen molar-refractivity contribution in [3.63, 3.8) is 0 Å². The first-order valence-corrected chi connectivity index (χ1v) is 7.11. The molecular formula is C15H24O2. The smallest absolute Gasteiger partial charge is 0.139 e. The topological polar surface area (TPSA) is 26.3 Å². The minimum atomic E-state index is -0.158. The van der Waals surface area contributed by atoms with E-state index in [9.17, 15) is 4.79 Å². The molecular weight excluding hydrogens is 212 g/mol. The fourth-order valence-corrected chi connectivity index (χ4v) is 4.71. The largest absolute Gasteiger partial charge is 0.368 e. The van der Waals surface area contributed by atoms with E-state index in [0.717, 1.165) is 25.7 Å². The lowest BCUT2D eigenvalue weighted by Gasteiger charge is -2.48. The minimum absolute atomic E-state index is 0.0643. The molecule has 1 saturated carbocycles. The molecule has 0 unspecified atom stereocenters. The van der Waals surface area contributed by atoms with Gasteiger partial charge in [-0.1, -0.05) is 20.8 Å². The van der Waals surface area contributed by atoms with Crippen LogP contribution in [-0.2, 0) is 9.53 Å². The molecule has 2 nitrogen and oxygen atoms in total. The number of Topliss-reactive ketones (excluding diaryl/α,β-unsaturated/α-hetero) is 1. The molecule has 0 amide bonds. The fourth-order valence-electron chi connectivity index (χ4n) is 4.71. The van der Waals surface area contributed by atoms with E-state index in [2.05, 4.69) is 27.7 Å². The van der Waals surface area contributed by atoms with Crippen LogP contribution in [0.2, 0.25) is 0 Å². The van der Waals surface area contributed by atoms with Gasteiger partial charge in [0.1, 0.15) is 5.78 Å². The third kappa shape index (κ3) is 1.39. The van der Waals surface area contributed by atoms with Crippen LogP contribution >= 0.6 is 0 Å². The van der Waals surface area contributed by atoms with Crippen LogP contribution in [0.3, 0.4) is 0 Å². The number of hydrogen-bond acceptors (Lipinski definition) is 2. The highest BCUT2D eigenvalue weighted by Crippen LogP contribution is 2.60. The molecule has 0 aromatic rings. The van der Waals surface area contributed by atoms with Crippen LogP contribution < -0.4 is 0 Å².